The molecule has 4 rings (SSSR count). The topological polar surface area (TPSA) is 81.2 Å². The van der Waals surface area contributed by atoms with Crippen LogP contribution in [-0.2, 0) is 14.4 Å². The van der Waals surface area contributed by atoms with Crippen LogP contribution >= 0.6 is 39.3 Å². The molecule has 3 heterocycles. The molecule has 1 spiro atoms. The molecule has 10 heteroatoms. The van der Waals surface area contributed by atoms with Gasteiger partial charge in [-0.15, -0.1) is 24.9 Å². The van der Waals surface area contributed by atoms with E-state index >= 15 is 0 Å². The lowest BCUT2D eigenvalue weighted by Crippen LogP contribution is -2.57. The number of likely N-dealkylation sites (tertiary alicyclic amines) is 1. The summed E-state index contributed by atoms with van der Waals surface area (Å²) in [4.78, 5) is 46.7. The zero-order valence-corrected chi connectivity index (χ0v) is 23.5. The molecule has 1 N–H and O–H groups in total. The van der Waals surface area contributed by atoms with Crippen molar-refractivity contribution in [3.63, 3.8) is 0 Å². The molecule has 36 heavy (non-hydrogen) atoms. The van der Waals surface area contributed by atoms with Crippen LogP contribution in [0.4, 0.5) is 5.69 Å². The fourth-order valence-electron chi connectivity index (χ4n) is 5.95. The van der Waals surface area contributed by atoms with E-state index in [1.807, 2.05) is 0 Å². The van der Waals surface area contributed by atoms with Crippen LogP contribution in [0.15, 0.2) is 49.6 Å². The zero-order valence-electron chi connectivity index (χ0n) is 20.3. The van der Waals surface area contributed by atoms with E-state index in [1.165, 1.54) is 4.90 Å². The van der Waals surface area contributed by atoms with Gasteiger partial charge in [-0.2, -0.15) is 0 Å². The number of rotatable bonds is 9. The van der Waals surface area contributed by atoms with Gasteiger partial charge in [-0.25, -0.2) is 0 Å². The molecule has 1 aromatic rings. The second-order valence-corrected chi connectivity index (χ2v) is 12.8. The second kappa shape index (κ2) is 10.5. The molecule has 2 bridgehead atoms. The first kappa shape index (κ1) is 27.2. The number of aliphatic hydroxyl groups excluding tert-OH is 1. The summed E-state index contributed by atoms with van der Waals surface area (Å²) in [5, 5.41) is 10.5. The quantitative estimate of drug-likeness (QED) is 0.349. The Morgan fingerprint density at radius 3 is 2.50 bits per heavy atom. The number of fused-ring (bicyclic) bond motifs is 1. The van der Waals surface area contributed by atoms with Gasteiger partial charge >= 0.3 is 0 Å². The average Bonchev–Trinajstić information content (AvgIpc) is 3.45. The van der Waals surface area contributed by atoms with E-state index in [2.05, 4.69) is 29.1 Å². The smallest absolute Gasteiger partial charge is 0.251 e. The lowest BCUT2D eigenvalue weighted by molar-refractivity contribution is -0.144. The summed E-state index contributed by atoms with van der Waals surface area (Å²) in [7, 11) is 1.71. The van der Waals surface area contributed by atoms with Crippen molar-refractivity contribution >= 4 is 62.7 Å². The third-order valence-electron chi connectivity index (χ3n) is 7.48. The first-order valence-electron chi connectivity index (χ1n) is 11.9. The number of aliphatic hydroxyl groups is 1. The molecule has 7 nitrogen and oxygen atoms in total. The van der Waals surface area contributed by atoms with E-state index in [1.54, 1.807) is 72.0 Å². The predicted octanol–water partition coefficient (Wildman–Crippen LogP) is 3.35. The normalized spacial score (nSPS) is 31.2. The third kappa shape index (κ3) is 4.22. The molecular weight excluding hydrogens is 566 g/mol. The third-order valence-corrected chi connectivity index (χ3v) is 11.0. The Morgan fingerprint density at radius 1 is 1.28 bits per heavy atom. The first-order valence-corrected chi connectivity index (χ1v) is 14.1. The summed E-state index contributed by atoms with van der Waals surface area (Å²) in [5.74, 6) is -1.85. The highest BCUT2D eigenvalue weighted by molar-refractivity contribution is 9.09. The standard InChI is InChI=1S/C26H31BrClN3O4S/c1-5-11-29(4)23(33)19-20-24(34)31(15(3)14-32)22(26(20)13-18(27)21(19)36-26)25(35)30(12-6-2)17-9-7-16(28)8-10-17/h5-10,15,18-22,32H,1-2,11-14H2,3-4H3/t15-,18?,19+,20+,21+,22?,26?/m1/s1. The highest BCUT2D eigenvalue weighted by Gasteiger charge is 2.76. The van der Waals surface area contributed by atoms with E-state index in [0.717, 1.165) is 0 Å². The summed E-state index contributed by atoms with van der Waals surface area (Å²) in [6.45, 7) is 9.61. The van der Waals surface area contributed by atoms with Crippen LogP contribution in [0.2, 0.25) is 5.02 Å². The second-order valence-electron chi connectivity index (χ2n) is 9.66. The molecule has 1 aromatic carbocycles. The molecule has 194 valence electrons. The van der Waals surface area contributed by atoms with Crippen LogP contribution in [0.3, 0.4) is 0 Å². The molecule has 3 amide bonds. The predicted molar refractivity (Wildman–Crippen MR) is 147 cm³/mol. The van der Waals surface area contributed by atoms with Gasteiger partial charge in [-0.3, -0.25) is 14.4 Å². The summed E-state index contributed by atoms with van der Waals surface area (Å²) >= 11 is 11.4. The first-order chi connectivity index (χ1) is 17.1. The van der Waals surface area contributed by atoms with Crippen molar-refractivity contribution in [2.75, 3.05) is 31.6 Å². The minimum atomic E-state index is -0.842. The minimum absolute atomic E-state index is 0.0271. The van der Waals surface area contributed by atoms with Crippen LogP contribution in [0.1, 0.15) is 13.3 Å². The summed E-state index contributed by atoms with van der Waals surface area (Å²) in [6.07, 6.45) is 3.87. The molecule has 0 aliphatic carbocycles. The number of anilines is 1. The summed E-state index contributed by atoms with van der Waals surface area (Å²) in [5.41, 5.74) is 0.638. The Kier molecular flexibility index (Phi) is 7.95. The van der Waals surface area contributed by atoms with E-state index in [-0.39, 0.29) is 41.0 Å². The number of likely N-dealkylation sites (N-methyl/N-ethyl adjacent to an activating group) is 1. The van der Waals surface area contributed by atoms with Crippen molar-refractivity contribution in [1.82, 2.24) is 9.80 Å². The maximum Gasteiger partial charge on any atom is 0.251 e. The van der Waals surface area contributed by atoms with Crippen LogP contribution in [0, 0.1) is 11.8 Å². The number of hydrogen-bond acceptors (Lipinski definition) is 5. The van der Waals surface area contributed by atoms with E-state index in [9.17, 15) is 19.5 Å². The van der Waals surface area contributed by atoms with Crippen LogP contribution in [0.5, 0.6) is 0 Å². The highest BCUT2D eigenvalue weighted by Crippen LogP contribution is 2.68. The zero-order chi connectivity index (χ0) is 26.4. The maximum absolute atomic E-state index is 14.4. The van der Waals surface area contributed by atoms with E-state index in [0.29, 0.717) is 23.7 Å². The largest absolute Gasteiger partial charge is 0.394 e. The van der Waals surface area contributed by atoms with Gasteiger partial charge in [0.1, 0.15) is 6.04 Å². The number of benzene rings is 1. The average molecular weight is 597 g/mol. The molecule has 0 aromatic heterocycles. The van der Waals surface area contributed by atoms with E-state index in [4.69, 9.17) is 11.6 Å². The Balaban J connectivity index is 1.81. The molecule has 3 saturated heterocycles. The van der Waals surface area contributed by atoms with Crippen molar-refractivity contribution in [3.8, 4) is 0 Å². The van der Waals surface area contributed by atoms with Gasteiger partial charge in [0.05, 0.1) is 29.2 Å². The highest BCUT2D eigenvalue weighted by atomic mass is 79.9. The number of hydrogen-bond donors (Lipinski definition) is 1. The van der Waals surface area contributed by atoms with Crippen LogP contribution < -0.4 is 4.90 Å². The number of amides is 3. The molecule has 0 radical (unpaired) electrons. The number of carbonyl (C=O) groups excluding carboxylic acids is 3. The molecule has 3 unspecified atom stereocenters. The lowest BCUT2D eigenvalue weighted by atomic mass is 9.70. The number of carbonyl (C=O) groups is 3. The maximum atomic E-state index is 14.4. The lowest BCUT2D eigenvalue weighted by Gasteiger charge is -2.39. The van der Waals surface area contributed by atoms with Crippen molar-refractivity contribution in [1.29, 1.82) is 0 Å². The molecule has 3 aliphatic rings. The van der Waals surface area contributed by atoms with Gasteiger partial charge < -0.3 is 19.8 Å². The SMILES string of the molecule is C=CCN(C)C(=O)[C@H]1[C@H]2C(=O)N([C@H](C)CO)C(C(=O)N(CC=C)c3ccc(Cl)cc3)C23CC(Br)[C@@H]1S3. The fourth-order valence-corrected chi connectivity index (χ4v) is 9.66. The van der Waals surface area contributed by atoms with Crippen molar-refractivity contribution < 1.29 is 19.5 Å². The fraction of sp³-hybridized carbons (Fsp3) is 0.500. The summed E-state index contributed by atoms with van der Waals surface area (Å²) < 4.78 is -0.794. The van der Waals surface area contributed by atoms with Gasteiger partial charge in [-0.1, -0.05) is 39.7 Å². The number of halogens is 2. The Labute approximate surface area is 229 Å². The molecular formula is C26H31BrClN3O4S. The van der Waals surface area contributed by atoms with Crippen molar-refractivity contribution in [3.05, 3.63) is 54.6 Å². The molecule has 3 aliphatic heterocycles. The van der Waals surface area contributed by atoms with Gasteiger partial charge in [0.2, 0.25) is 11.8 Å². The molecule has 7 atom stereocenters. The monoisotopic (exact) mass is 595 g/mol. The molecule has 3 fully saturated rings. The number of alkyl halides is 1. The Morgan fingerprint density at radius 2 is 1.92 bits per heavy atom. The molecule has 0 saturated carbocycles. The number of nitrogens with zero attached hydrogens (tertiary/aromatic N) is 3. The van der Waals surface area contributed by atoms with Gasteiger partial charge in [0, 0.05) is 40.9 Å². The van der Waals surface area contributed by atoms with Crippen LogP contribution in [0.25, 0.3) is 0 Å². The van der Waals surface area contributed by atoms with Crippen molar-refractivity contribution in [2.24, 2.45) is 11.8 Å². The summed E-state index contributed by atoms with van der Waals surface area (Å²) in [6, 6.07) is 5.52. The Bertz CT molecular complexity index is 1070. The van der Waals surface area contributed by atoms with Gasteiger partial charge in [0.25, 0.3) is 5.91 Å². The Hall–Kier alpha value is -1.81. The van der Waals surface area contributed by atoms with E-state index < -0.39 is 28.7 Å². The van der Waals surface area contributed by atoms with Gasteiger partial charge in [-0.05, 0) is 37.6 Å². The van der Waals surface area contributed by atoms with Crippen molar-refractivity contribution in [2.45, 2.75) is 40.3 Å². The van der Waals surface area contributed by atoms with Gasteiger partial charge in [0.15, 0.2) is 0 Å². The van der Waals surface area contributed by atoms with Crippen LogP contribution in [-0.4, -0.2) is 86.3 Å². The minimum Gasteiger partial charge on any atom is -0.394 e. The number of thioether (sulfide) groups is 1.